The first-order chi connectivity index (χ1) is 10.9. The summed E-state index contributed by atoms with van der Waals surface area (Å²) in [6, 6.07) is 1.93. The van der Waals surface area contributed by atoms with Crippen molar-refractivity contribution in [3.05, 3.63) is 21.9 Å². The van der Waals surface area contributed by atoms with Crippen LogP contribution in [0.25, 0.3) is 0 Å². The first kappa shape index (κ1) is 17.5. The second-order valence-corrected chi connectivity index (χ2v) is 6.70. The molecule has 0 radical (unpaired) electrons. The Hall–Kier alpha value is -1.89. The Balaban J connectivity index is 1.90. The third kappa shape index (κ3) is 4.10. The van der Waals surface area contributed by atoms with Crippen molar-refractivity contribution < 1.29 is 19.5 Å². The molecule has 1 aromatic heterocycles. The van der Waals surface area contributed by atoms with Crippen molar-refractivity contribution >= 4 is 29.1 Å². The summed E-state index contributed by atoms with van der Waals surface area (Å²) in [6.45, 7) is 2.91. The van der Waals surface area contributed by atoms with Gasteiger partial charge >= 0.3 is 5.97 Å². The molecule has 23 heavy (non-hydrogen) atoms. The van der Waals surface area contributed by atoms with Crippen LogP contribution in [0.5, 0.6) is 0 Å². The van der Waals surface area contributed by atoms with Crippen LogP contribution in [0.3, 0.4) is 0 Å². The van der Waals surface area contributed by atoms with Gasteiger partial charge in [0.2, 0.25) is 5.91 Å². The smallest absolute Gasteiger partial charge is 0.306 e. The van der Waals surface area contributed by atoms with Gasteiger partial charge in [-0.2, -0.15) is 0 Å². The van der Waals surface area contributed by atoms with E-state index in [1.54, 1.807) is 11.9 Å². The molecule has 126 valence electrons. The highest BCUT2D eigenvalue weighted by Gasteiger charge is 2.28. The second kappa shape index (κ2) is 7.59. The van der Waals surface area contributed by atoms with Crippen LogP contribution in [0, 0.1) is 5.92 Å². The molecule has 0 saturated carbocycles. The molecule has 0 bridgehead atoms. The number of carbonyl (C=O) groups is 3. The van der Waals surface area contributed by atoms with Crippen LogP contribution in [0.2, 0.25) is 0 Å². The summed E-state index contributed by atoms with van der Waals surface area (Å²) < 4.78 is 0. The van der Waals surface area contributed by atoms with Crippen LogP contribution in [0.15, 0.2) is 11.4 Å². The molecular formula is C16H22N2O4S. The molecule has 0 spiro atoms. The van der Waals surface area contributed by atoms with Gasteiger partial charge in [-0.05, 0) is 36.3 Å². The van der Waals surface area contributed by atoms with Gasteiger partial charge in [-0.25, -0.2) is 0 Å². The summed E-state index contributed by atoms with van der Waals surface area (Å²) in [4.78, 5) is 39.4. The fourth-order valence-corrected chi connectivity index (χ4v) is 3.71. The van der Waals surface area contributed by atoms with Crippen LogP contribution >= 0.6 is 11.3 Å². The molecule has 1 aliphatic rings. The number of carbonyl (C=O) groups excluding carboxylic acids is 2. The standard InChI is InChI=1S/C16H22N2O4S/c1-3-11-6-9-23-14(11)15(20)17(2)10-13(19)18-7-4-12(5-8-18)16(21)22/h6,9,12H,3-5,7-8,10H2,1-2H3,(H,21,22). The summed E-state index contributed by atoms with van der Waals surface area (Å²) in [5, 5.41) is 10.9. The van der Waals surface area contributed by atoms with E-state index in [0.717, 1.165) is 12.0 Å². The molecule has 2 amide bonds. The molecule has 1 fully saturated rings. The van der Waals surface area contributed by atoms with Crippen LogP contribution < -0.4 is 0 Å². The predicted octanol–water partition coefficient (Wildman–Crippen LogP) is 1.71. The zero-order valence-electron chi connectivity index (χ0n) is 13.4. The number of nitrogens with zero attached hydrogens (tertiary/aromatic N) is 2. The lowest BCUT2D eigenvalue weighted by Gasteiger charge is -2.31. The van der Waals surface area contributed by atoms with E-state index in [-0.39, 0.29) is 24.3 Å². The highest BCUT2D eigenvalue weighted by Crippen LogP contribution is 2.20. The quantitative estimate of drug-likeness (QED) is 0.886. The molecule has 2 heterocycles. The lowest BCUT2D eigenvalue weighted by molar-refractivity contribution is -0.145. The largest absolute Gasteiger partial charge is 0.481 e. The maximum Gasteiger partial charge on any atom is 0.306 e. The second-order valence-electron chi connectivity index (χ2n) is 5.78. The lowest BCUT2D eigenvalue weighted by atomic mass is 9.97. The molecule has 6 nitrogen and oxygen atoms in total. The molecule has 1 saturated heterocycles. The van der Waals surface area contributed by atoms with Gasteiger partial charge in [0.15, 0.2) is 0 Å². The zero-order valence-corrected chi connectivity index (χ0v) is 14.3. The normalized spacial score (nSPS) is 15.5. The number of hydrogen-bond acceptors (Lipinski definition) is 4. The summed E-state index contributed by atoms with van der Waals surface area (Å²) in [5.41, 5.74) is 1.00. The maximum absolute atomic E-state index is 12.4. The molecule has 0 atom stereocenters. The van der Waals surface area contributed by atoms with Gasteiger partial charge in [-0.3, -0.25) is 14.4 Å². The fourth-order valence-electron chi connectivity index (χ4n) is 2.73. The van der Waals surface area contributed by atoms with Gasteiger partial charge in [0, 0.05) is 20.1 Å². The van der Waals surface area contributed by atoms with Crippen molar-refractivity contribution in [2.75, 3.05) is 26.7 Å². The van der Waals surface area contributed by atoms with Crippen molar-refractivity contribution in [3.63, 3.8) is 0 Å². The molecule has 0 unspecified atom stereocenters. The van der Waals surface area contributed by atoms with Crippen LogP contribution in [0.4, 0.5) is 0 Å². The van der Waals surface area contributed by atoms with Crippen molar-refractivity contribution in [2.45, 2.75) is 26.2 Å². The van der Waals surface area contributed by atoms with Crippen molar-refractivity contribution in [1.82, 2.24) is 9.80 Å². The summed E-state index contributed by atoms with van der Waals surface area (Å²) >= 11 is 1.40. The monoisotopic (exact) mass is 338 g/mol. The Morgan fingerprint density at radius 1 is 1.35 bits per heavy atom. The summed E-state index contributed by atoms with van der Waals surface area (Å²) in [7, 11) is 1.63. The highest BCUT2D eigenvalue weighted by molar-refractivity contribution is 7.12. The first-order valence-corrected chi connectivity index (χ1v) is 8.64. The zero-order chi connectivity index (χ0) is 17.0. The van der Waals surface area contributed by atoms with E-state index in [2.05, 4.69) is 0 Å². The van der Waals surface area contributed by atoms with Gasteiger partial charge in [-0.1, -0.05) is 6.92 Å². The van der Waals surface area contributed by atoms with Gasteiger partial charge in [0.05, 0.1) is 17.3 Å². The number of thiophene rings is 1. The number of likely N-dealkylation sites (N-methyl/N-ethyl adjacent to an activating group) is 1. The minimum atomic E-state index is -0.797. The number of likely N-dealkylation sites (tertiary alicyclic amines) is 1. The molecule has 1 N–H and O–H groups in total. The highest BCUT2D eigenvalue weighted by atomic mass is 32.1. The van der Waals surface area contributed by atoms with E-state index in [1.165, 1.54) is 16.2 Å². The Morgan fingerprint density at radius 3 is 2.57 bits per heavy atom. The minimum absolute atomic E-state index is 0.0254. The van der Waals surface area contributed by atoms with E-state index >= 15 is 0 Å². The summed E-state index contributed by atoms with van der Waals surface area (Å²) in [6.07, 6.45) is 1.74. The number of aryl methyl sites for hydroxylation is 1. The molecule has 0 aromatic carbocycles. The third-order valence-corrected chi connectivity index (χ3v) is 5.18. The van der Waals surface area contributed by atoms with E-state index in [1.807, 2.05) is 18.4 Å². The third-order valence-electron chi connectivity index (χ3n) is 4.24. The SMILES string of the molecule is CCc1ccsc1C(=O)N(C)CC(=O)N1CCC(C(=O)O)CC1. The van der Waals surface area contributed by atoms with Gasteiger partial charge in [-0.15, -0.1) is 11.3 Å². The Kier molecular flexibility index (Phi) is 5.76. The van der Waals surface area contributed by atoms with E-state index in [4.69, 9.17) is 5.11 Å². The first-order valence-electron chi connectivity index (χ1n) is 7.76. The average molecular weight is 338 g/mol. The van der Waals surface area contributed by atoms with E-state index in [9.17, 15) is 14.4 Å². The number of hydrogen-bond donors (Lipinski definition) is 1. The molecule has 7 heteroatoms. The number of piperidine rings is 1. The van der Waals surface area contributed by atoms with Crippen molar-refractivity contribution in [1.29, 1.82) is 0 Å². The summed E-state index contributed by atoms with van der Waals surface area (Å²) in [5.74, 6) is -1.42. The Labute approximate surface area is 139 Å². The number of carboxylic acid groups (broad SMARTS) is 1. The Bertz CT molecular complexity index is 591. The molecule has 0 aliphatic carbocycles. The topological polar surface area (TPSA) is 77.9 Å². The van der Waals surface area contributed by atoms with E-state index in [0.29, 0.717) is 30.8 Å². The maximum atomic E-state index is 12.4. The van der Waals surface area contributed by atoms with Crippen molar-refractivity contribution in [3.8, 4) is 0 Å². The van der Waals surface area contributed by atoms with Crippen LogP contribution in [0.1, 0.15) is 35.0 Å². The molecule has 2 rings (SSSR count). The van der Waals surface area contributed by atoms with Crippen LogP contribution in [-0.2, 0) is 16.0 Å². The minimum Gasteiger partial charge on any atom is -0.481 e. The van der Waals surface area contributed by atoms with Crippen molar-refractivity contribution in [2.24, 2.45) is 5.92 Å². The molecular weight excluding hydrogens is 316 g/mol. The molecule has 1 aliphatic heterocycles. The number of rotatable bonds is 5. The average Bonchev–Trinajstić information content (AvgIpc) is 3.02. The van der Waals surface area contributed by atoms with Gasteiger partial charge in [0.1, 0.15) is 0 Å². The number of aliphatic carboxylic acids is 1. The lowest BCUT2D eigenvalue weighted by Crippen LogP contribution is -2.45. The van der Waals surface area contributed by atoms with Gasteiger partial charge < -0.3 is 14.9 Å². The predicted molar refractivity (Wildman–Crippen MR) is 87.6 cm³/mol. The van der Waals surface area contributed by atoms with Crippen LogP contribution in [-0.4, -0.2) is 59.4 Å². The number of amides is 2. The fraction of sp³-hybridized carbons (Fsp3) is 0.562. The number of carboxylic acids is 1. The Morgan fingerprint density at radius 2 is 2.00 bits per heavy atom. The van der Waals surface area contributed by atoms with Gasteiger partial charge in [0.25, 0.3) is 5.91 Å². The van der Waals surface area contributed by atoms with E-state index < -0.39 is 5.97 Å². The molecule has 1 aromatic rings.